The molecule has 4 nitrogen and oxygen atoms in total. The quantitative estimate of drug-likeness (QED) is 0.790. The minimum Gasteiger partial charge on any atom is -0.494 e. The number of imide groups is 1. The largest absolute Gasteiger partial charge is 0.494 e. The maximum absolute atomic E-state index is 13.5. The summed E-state index contributed by atoms with van der Waals surface area (Å²) in [6.45, 7) is 0. The van der Waals surface area contributed by atoms with Crippen LogP contribution in [0, 0.1) is 5.82 Å². The van der Waals surface area contributed by atoms with Gasteiger partial charge in [-0.3, -0.25) is 14.9 Å². The highest BCUT2D eigenvalue weighted by Gasteiger charge is 2.28. The highest BCUT2D eigenvalue weighted by atomic mass is 19.1. The predicted octanol–water partition coefficient (Wildman–Crippen LogP) is 1.35. The fourth-order valence-corrected chi connectivity index (χ4v) is 1.91. The Morgan fingerprint density at radius 3 is 2.76 bits per heavy atom. The normalized spacial score (nSPS) is 20.0. The van der Waals surface area contributed by atoms with Crippen LogP contribution in [0.3, 0.4) is 0 Å². The van der Waals surface area contributed by atoms with E-state index < -0.39 is 11.7 Å². The van der Waals surface area contributed by atoms with Crippen LogP contribution >= 0.6 is 0 Å². The van der Waals surface area contributed by atoms with Crippen molar-refractivity contribution in [3.05, 3.63) is 29.6 Å². The molecule has 1 heterocycles. The minimum absolute atomic E-state index is 0.140. The van der Waals surface area contributed by atoms with E-state index in [4.69, 9.17) is 4.74 Å². The second kappa shape index (κ2) is 4.53. The van der Waals surface area contributed by atoms with E-state index in [0.29, 0.717) is 12.0 Å². The Morgan fingerprint density at radius 2 is 2.18 bits per heavy atom. The number of carbonyl (C=O) groups excluding carboxylic acids is 2. The van der Waals surface area contributed by atoms with Gasteiger partial charge in [0.15, 0.2) is 11.6 Å². The van der Waals surface area contributed by atoms with E-state index in [-0.39, 0.29) is 24.0 Å². The molecule has 0 spiro atoms. The molecular formula is C12H12FNO3. The van der Waals surface area contributed by atoms with E-state index in [2.05, 4.69) is 5.32 Å². The van der Waals surface area contributed by atoms with Crippen molar-refractivity contribution in [3.63, 3.8) is 0 Å². The summed E-state index contributed by atoms with van der Waals surface area (Å²) in [5.74, 6) is -1.48. The van der Waals surface area contributed by atoms with E-state index >= 15 is 0 Å². The van der Waals surface area contributed by atoms with Crippen LogP contribution in [-0.2, 0) is 9.59 Å². The van der Waals surface area contributed by atoms with Crippen molar-refractivity contribution in [2.45, 2.75) is 18.8 Å². The molecule has 2 rings (SSSR count). The topological polar surface area (TPSA) is 55.4 Å². The summed E-state index contributed by atoms with van der Waals surface area (Å²) in [6.07, 6.45) is 0.695. The van der Waals surface area contributed by atoms with Crippen LogP contribution in [0.5, 0.6) is 5.75 Å². The van der Waals surface area contributed by atoms with Crippen molar-refractivity contribution >= 4 is 11.8 Å². The summed E-state index contributed by atoms with van der Waals surface area (Å²) in [6, 6.07) is 4.40. The van der Waals surface area contributed by atoms with Crippen LogP contribution in [-0.4, -0.2) is 18.9 Å². The number of carbonyl (C=O) groups is 2. The van der Waals surface area contributed by atoms with E-state index in [9.17, 15) is 14.0 Å². The monoisotopic (exact) mass is 237 g/mol. The SMILES string of the molecule is COc1ccc(C2CCC(=O)NC2=O)cc1F. The minimum atomic E-state index is -0.505. The van der Waals surface area contributed by atoms with Gasteiger partial charge in [0.25, 0.3) is 0 Å². The Morgan fingerprint density at radius 1 is 1.41 bits per heavy atom. The maximum atomic E-state index is 13.5. The lowest BCUT2D eigenvalue weighted by Gasteiger charge is -2.21. The third-order valence-corrected chi connectivity index (χ3v) is 2.82. The predicted molar refractivity (Wildman–Crippen MR) is 58.1 cm³/mol. The molecule has 1 atom stereocenters. The second-order valence-corrected chi connectivity index (χ2v) is 3.90. The number of hydrogen-bond acceptors (Lipinski definition) is 3. The molecule has 0 radical (unpaired) electrons. The van der Waals surface area contributed by atoms with Crippen molar-refractivity contribution < 1.29 is 18.7 Å². The Kier molecular flexibility index (Phi) is 3.08. The lowest BCUT2D eigenvalue weighted by Crippen LogP contribution is -2.39. The molecule has 1 unspecified atom stereocenters. The highest BCUT2D eigenvalue weighted by molar-refractivity contribution is 6.00. The van der Waals surface area contributed by atoms with Gasteiger partial charge in [-0.1, -0.05) is 6.07 Å². The first kappa shape index (κ1) is 11.6. The number of methoxy groups -OCH3 is 1. The van der Waals surface area contributed by atoms with Gasteiger partial charge in [-0.2, -0.15) is 0 Å². The van der Waals surface area contributed by atoms with E-state index in [1.807, 2.05) is 0 Å². The zero-order valence-corrected chi connectivity index (χ0v) is 9.33. The molecule has 1 aromatic carbocycles. The summed E-state index contributed by atoms with van der Waals surface area (Å²) in [5, 5.41) is 2.24. The fraction of sp³-hybridized carbons (Fsp3) is 0.333. The van der Waals surface area contributed by atoms with Gasteiger partial charge in [0.2, 0.25) is 11.8 Å². The first-order valence-corrected chi connectivity index (χ1v) is 5.29. The highest BCUT2D eigenvalue weighted by Crippen LogP contribution is 2.28. The third kappa shape index (κ3) is 2.27. The Hall–Kier alpha value is -1.91. The van der Waals surface area contributed by atoms with Gasteiger partial charge in [0.1, 0.15) is 0 Å². The fourth-order valence-electron chi connectivity index (χ4n) is 1.91. The molecule has 90 valence electrons. The number of benzene rings is 1. The molecule has 1 N–H and O–H groups in total. The molecule has 0 aliphatic carbocycles. The van der Waals surface area contributed by atoms with E-state index in [0.717, 1.165) is 0 Å². The van der Waals surface area contributed by atoms with Gasteiger partial charge in [-0.25, -0.2) is 4.39 Å². The van der Waals surface area contributed by atoms with Gasteiger partial charge in [-0.15, -0.1) is 0 Å². The van der Waals surface area contributed by atoms with Crippen LogP contribution in [0.25, 0.3) is 0 Å². The van der Waals surface area contributed by atoms with Gasteiger partial charge in [-0.05, 0) is 24.1 Å². The average molecular weight is 237 g/mol. The maximum Gasteiger partial charge on any atom is 0.234 e. The number of piperidine rings is 1. The zero-order valence-electron chi connectivity index (χ0n) is 9.33. The molecule has 17 heavy (non-hydrogen) atoms. The summed E-state index contributed by atoms with van der Waals surface area (Å²) < 4.78 is 18.3. The molecule has 1 fully saturated rings. The lowest BCUT2D eigenvalue weighted by atomic mass is 9.90. The van der Waals surface area contributed by atoms with Gasteiger partial charge in [0.05, 0.1) is 13.0 Å². The first-order valence-electron chi connectivity index (χ1n) is 5.29. The smallest absolute Gasteiger partial charge is 0.234 e. The molecule has 1 aliphatic rings. The standard InChI is InChI=1S/C12H12FNO3/c1-17-10-4-2-7(6-9(10)13)8-3-5-11(15)14-12(8)16/h2,4,6,8H,3,5H2,1H3,(H,14,15,16). The molecule has 1 saturated heterocycles. The molecule has 1 aliphatic heterocycles. The van der Waals surface area contributed by atoms with E-state index in [1.165, 1.54) is 19.2 Å². The van der Waals surface area contributed by atoms with Crippen molar-refractivity contribution in [3.8, 4) is 5.75 Å². The molecule has 1 aromatic rings. The van der Waals surface area contributed by atoms with Crippen molar-refractivity contribution in [2.75, 3.05) is 7.11 Å². The second-order valence-electron chi connectivity index (χ2n) is 3.90. The van der Waals surface area contributed by atoms with Crippen LogP contribution in [0.2, 0.25) is 0 Å². The number of hydrogen-bond donors (Lipinski definition) is 1. The number of nitrogens with one attached hydrogen (secondary N) is 1. The average Bonchev–Trinajstić information content (AvgIpc) is 2.29. The van der Waals surface area contributed by atoms with E-state index in [1.54, 1.807) is 6.07 Å². The van der Waals surface area contributed by atoms with Gasteiger partial charge >= 0.3 is 0 Å². The Balaban J connectivity index is 2.25. The molecule has 0 bridgehead atoms. The number of rotatable bonds is 2. The number of amides is 2. The van der Waals surface area contributed by atoms with Crippen LogP contribution in [0.4, 0.5) is 4.39 Å². The molecule has 0 saturated carbocycles. The van der Waals surface area contributed by atoms with Gasteiger partial charge in [0, 0.05) is 6.42 Å². The van der Waals surface area contributed by atoms with Gasteiger partial charge < -0.3 is 4.74 Å². The molecular weight excluding hydrogens is 225 g/mol. The summed E-state index contributed by atoms with van der Waals surface area (Å²) in [7, 11) is 1.38. The summed E-state index contributed by atoms with van der Waals surface area (Å²) in [4.78, 5) is 22.6. The lowest BCUT2D eigenvalue weighted by molar-refractivity contribution is -0.134. The van der Waals surface area contributed by atoms with Crippen molar-refractivity contribution in [1.82, 2.24) is 5.32 Å². The molecule has 5 heteroatoms. The van der Waals surface area contributed by atoms with Crippen molar-refractivity contribution in [1.29, 1.82) is 0 Å². The third-order valence-electron chi connectivity index (χ3n) is 2.82. The number of ether oxygens (including phenoxy) is 1. The summed E-state index contributed by atoms with van der Waals surface area (Å²) in [5.41, 5.74) is 0.563. The van der Waals surface area contributed by atoms with Crippen molar-refractivity contribution in [2.24, 2.45) is 0 Å². The molecule has 0 aromatic heterocycles. The summed E-state index contributed by atoms with van der Waals surface area (Å²) >= 11 is 0. The Labute approximate surface area is 97.8 Å². The zero-order chi connectivity index (χ0) is 12.4. The van der Waals surface area contributed by atoms with Crippen LogP contribution in [0.1, 0.15) is 24.3 Å². The molecule has 2 amide bonds. The Bertz CT molecular complexity index is 473. The number of halogens is 1. The van der Waals surface area contributed by atoms with Crippen LogP contribution < -0.4 is 10.1 Å². The first-order chi connectivity index (χ1) is 8.11. The van der Waals surface area contributed by atoms with Crippen LogP contribution in [0.15, 0.2) is 18.2 Å².